The number of nitrogens with one attached hydrogen (secondary N) is 1. The number of likely N-dealkylation sites (tertiary alicyclic amines) is 1. The number of hydrogen-bond donors (Lipinski definition) is 1. The van der Waals surface area contributed by atoms with Crippen LogP contribution in [0.4, 0.5) is 0 Å². The molecule has 0 bridgehead atoms. The summed E-state index contributed by atoms with van der Waals surface area (Å²) in [6.07, 6.45) is 2.77. The Kier molecular flexibility index (Phi) is 6.08. The highest BCUT2D eigenvalue weighted by molar-refractivity contribution is 7.90. The summed E-state index contributed by atoms with van der Waals surface area (Å²) in [6, 6.07) is 12.4. The van der Waals surface area contributed by atoms with E-state index in [1.165, 1.54) is 7.11 Å². The van der Waals surface area contributed by atoms with Crippen LogP contribution in [0.25, 0.3) is 0 Å². The van der Waals surface area contributed by atoms with Gasteiger partial charge >= 0.3 is 0 Å². The normalized spacial score (nSPS) is 17.5. The molecule has 1 unspecified atom stereocenters. The van der Waals surface area contributed by atoms with E-state index in [-0.39, 0.29) is 19.0 Å². The molecule has 2 heterocycles. The molecule has 1 aromatic heterocycles. The monoisotopic (exact) mass is 389 g/mol. The van der Waals surface area contributed by atoms with Crippen LogP contribution < -0.4 is 9.46 Å². The summed E-state index contributed by atoms with van der Waals surface area (Å²) in [6.45, 7) is 0.853. The second-order valence-corrected chi connectivity index (χ2v) is 8.46. The van der Waals surface area contributed by atoms with Crippen molar-refractivity contribution in [3.63, 3.8) is 0 Å². The number of carbonyl (C=O) groups excluding carboxylic acids is 1. The molecule has 2 aromatic rings. The van der Waals surface area contributed by atoms with E-state index >= 15 is 0 Å². The van der Waals surface area contributed by atoms with Crippen LogP contribution in [0.1, 0.15) is 28.8 Å². The third-order valence-corrected chi connectivity index (χ3v) is 6.44. The molecule has 144 valence electrons. The van der Waals surface area contributed by atoms with Gasteiger partial charge in [0.2, 0.25) is 15.9 Å². The Morgan fingerprint density at radius 1 is 1.26 bits per heavy atom. The Hall–Kier alpha value is -2.45. The first kappa shape index (κ1) is 19.3. The minimum Gasteiger partial charge on any atom is -0.481 e. The lowest BCUT2D eigenvalue weighted by atomic mass is 10.1. The van der Waals surface area contributed by atoms with E-state index in [1.54, 1.807) is 47.5 Å². The van der Waals surface area contributed by atoms with Gasteiger partial charge in [-0.1, -0.05) is 24.3 Å². The highest BCUT2D eigenvalue weighted by Crippen LogP contribution is 2.20. The lowest BCUT2D eigenvalue weighted by Gasteiger charge is -2.32. The Morgan fingerprint density at radius 3 is 2.78 bits per heavy atom. The van der Waals surface area contributed by atoms with Crippen LogP contribution in [0.3, 0.4) is 0 Å². The third kappa shape index (κ3) is 4.64. The van der Waals surface area contributed by atoms with Gasteiger partial charge in [-0.05, 0) is 31.0 Å². The van der Waals surface area contributed by atoms with Crippen LogP contribution in [0.2, 0.25) is 0 Å². The van der Waals surface area contributed by atoms with Crippen molar-refractivity contribution in [1.82, 2.24) is 14.6 Å². The summed E-state index contributed by atoms with van der Waals surface area (Å²) >= 11 is 0. The second kappa shape index (κ2) is 8.49. The number of amides is 1. The number of methoxy groups -OCH3 is 1. The average molecular weight is 389 g/mol. The van der Waals surface area contributed by atoms with Crippen LogP contribution >= 0.6 is 0 Å². The zero-order chi connectivity index (χ0) is 19.3. The number of carbonyl (C=O) groups is 1. The fourth-order valence-electron chi connectivity index (χ4n) is 3.18. The predicted octanol–water partition coefficient (Wildman–Crippen LogP) is 1.81. The van der Waals surface area contributed by atoms with Crippen molar-refractivity contribution in [1.29, 1.82) is 0 Å². The number of hydrogen-bond acceptors (Lipinski definition) is 5. The molecule has 0 saturated carbocycles. The van der Waals surface area contributed by atoms with Crippen LogP contribution in [0.15, 0.2) is 48.7 Å². The van der Waals surface area contributed by atoms with Crippen molar-refractivity contribution in [3.8, 4) is 5.88 Å². The van der Waals surface area contributed by atoms with E-state index in [0.29, 0.717) is 36.4 Å². The molecule has 7 nitrogen and oxygen atoms in total. The first-order valence-corrected chi connectivity index (χ1v) is 10.4. The van der Waals surface area contributed by atoms with E-state index in [0.717, 1.165) is 0 Å². The standard InChI is InChI=1S/C19H23N3O4S/c1-26-18-16(9-5-11-20-18)13-21-27(24,25)17-10-6-12-22(14-17)19(23)15-7-3-2-4-8-15/h2-5,7-9,11,17,21H,6,10,12-14H2,1H3. The summed E-state index contributed by atoms with van der Waals surface area (Å²) in [4.78, 5) is 18.3. The van der Waals surface area contributed by atoms with Crippen LogP contribution in [0.5, 0.6) is 5.88 Å². The molecule has 1 amide bonds. The zero-order valence-corrected chi connectivity index (χ0v) is 16.0. The number of nitrogens with zero attached hydrogens (tertiary/aromatic N) is 2. The number of aromatic nitrogens is 1. The molecule has 0 spiro atoms. The van der Waals surface area contributed by atoms with Crippen molar-refractivity contribution >= 4 is 15.9 Å². The van der Waals surface area contributed by atoms with Crippen molar-refractivity contribution in [2.75, 3.05) is 20.2 Å². The maximum absolute atomic E-state index is 12.8. The van der Waals surface area contributed by atoms with E-state index < -0.39 is 15.3 Å². The highest BCUT2D eigenvalue weighted by atomic mass is 32.2. The van der Waals surface area contributed by atoms with Crippen LogP contribution in [-0.2, 0) is 16.6 Å². The van der Waals surface area contributed by atoms with Gasteiger partial charge in [0, 0.05) is 37.0 Å². The van der Waals surface area contributed by atoms with Gasteiger partial charge in [-0.25, -0.2) is 18.1 Å². The number of pyridine rings is 1. The summed E-state index contributed by atoms with van der Waals surface area (Å²) in [7, 11) is -2.09. The number of benzene rings is 1. The molecule has 1 aromatic carbocycles. The number of sulfonamides is 1. The molecule has 1 atom stereocenters. The van der Waals surface area contributed by atoms with Crippen molar-refractivity contribution in [2.45, 2.75) is 24.6 Å². The maximum Gasteiger partial charge on any atom is 0.253 e. The highest BCUT2D eigenvalue weighted by Gasteiger charge is 2.32. The van der Waals surface area contributed by atoms with Gasteiger partial charge in [0.15, 0.2) is 0 Å². The zero-order valence-electron chi connectivity index (χ0n) is 15.2. The Balaban J connectivity index is 1.66. The third-order valence-electron chi connectivity index (χ3n) is 4.63. The van der Waals surface area contributed by atoms with Crippen LogP contribution in [0, 0.1) is 0 Å². The quantitative estimate of drug-likeness (QED) is 0.814. The number of rotatable bonds is 6. The predicted molar refractivity (Wildman–Crippen MR) is 102 cm³/mol. The average Bonchev–Trinajstić information content (AvgIpc) is 2.72. The molecule has 8 heteroatoms. The first-order chi connectivity index (χ1) is 13.0. The van der Waals surface area contributed by atoms with Gasteiger partial charge in [0.05, 0.1) is 12.4 Å². The molecule has 0 aliphatic carbocycles. The summed E-state index contributed by atoms with van der Waals surface area (Å²) in [5, 5.41) is -0.637. The lowest BCUT2D eigenvalue weighted by Crippen LogP contribution is -2.48. The van der Waals surface area contributed by atoms with Crippen molar-refractivity contribution in [2.24, 2.45) is 0 Å². The SMILES string of the molecule is COc1ncccc1CNS(=O)(=O)C1CCCN(C(=O)c2ccccc2)C1. The molecule has 27 heavy (non-hydrogen) atoms. The van der Waals surface area contributed by atoms with E-state index in [1.807, 2.05) is 6.07 Å². The number of ether oxygens (including phenoxy) is 1. The minimum atomic E-state index is -3.58. The summed E-state index contributed by atoms with van der Waals surface area (Å²) < 4.78 is 33.3. The summed E-state index contributed by atoms with van der Waals surface area (Å²) in [5.74, 6) is 0.258. The van der Waals surface area contributed by atoms with Gasteiger partial charge in [0.1, 0.15) is 0 Å². The molecular weight excluding hydrogens is 366 g/mol. The molecular formula is C19H23N3O4S. The van der Waals surface area contributed by atoms with Crippen molar-refractivity contribution < 1.29 is 17.9 Å². The van der Waals surface area contributed by atoms with Gasteiger partial charge in [0.25, 0.3) is 5.91 Å². The van der Waals surface area contributed by atoms with E-state index in [2.05, 4.69) is 9.71 Å². The Labute approximate surface area is 159 Å². The molecule has 0 radical (unpaired) electrons. The first-order valence-electron chi connectivity index (χ1n) is 8.82. The van der Waals surface area contributed by atoms with E-state index in [9.17, 15) is 13.2 Å². The topological polar surface area (TPSA) is 88.6 Å². The smallest absolute Gasteiger partial charge is 0.253 e. The van der Waals surface area contributed by atoms with Gasteiger partial charge in [-0.2, -0.15) is 0 Å². The largest absolute Gasteiger partial charge is 0.481 e. The molecule has 1 N–H and O–H groups in total. The fourth-order valence-corrected chi connectivity index (χ4v) is 4.62. The van der Waals surface area contributed by atoms with Crippen LogP contribution in [-0.4, -0.2) is 49.7 Å². The Bertz CT molecular complexity index is 887. The lowest BCUT2D eigenvalue weighted by molar-refractivity contribution is 0.0726. The van der Waals surface area contributed by atoms with Gasteiger partial charge < -0.3 is 9.64 Å². The minimum absolute atomic E-state index is 0.0997. The second-order valence-electron chi connectivity index (χ2n) is 6.42. The van der Waals surface area contributed by atoms with Gasteiger partial charge in [-0.3, -0.25) is 4.79 Å². The molecule has 1 saturated heterocycles. The summed E-state index contributed by atoms with van der Waals surface area (Å²) in [5.41, 5.74) is 1.24. The molecule has 1 fully saturated rings. The van der Waals surface area contributed by atoms with Crippen molar-refractivity contribution in [3.05, 3.63) is 59.8 Å². The van der Waals surface area contributed by atoms with E-state index in [4.69, 9.17) is 4.74 Å². The number of piperidine rings is 1. The fraction of sp³-hybridized carbons (Fsp3) is 0.368. The molecule has 1 aliphatic rings. The van der Waals surface area contributed by atoms with Gasteiger partial charge in [-0.15, -0.1) is 0 Å². The maximum atomic E-state index is 12.8. The Morgan fingerprint density at radius 2 is 2.04 bits per heavy atom. The molecule has 1 aliphatic heterocycles. The molecule has 3 rings (SSSR count).